The van der Waals surface area contributed by atoms with Gasteiger partial charge in [0.1, 0.15) is 6.23 Å². The van der Waals surface area contributed by atoms with Gasteiger partial charge in [0.15, 0.2) is 8.32 Å². The van der Waals surface area contributed by atoms with Crippen LogP contribution >= 0.6 is 0 Å². The Balaban J connectivity index is 4.29. The number of amides is 1. The second kappa shape index (κ2) is 5.50. The van der Waals surface area contributed by atoms with Gasteiger partial charge in [0.05, 0.1) is 6.26 Å². The molecule has 0 saturated heterocycles. The summed E-state index contributed by atoms with van der Waals surface area (Å²) in [6.07, 6.45) is 0.198. The molecule has 94 valence electrons. The van der Waals surface area contributed by atoms with Gasteiger partial charge in [-0.25, -0.2) is 4.79 Å². The molecule has 0 radical (unpaired) electrons. The molecule has 5 heteroatoms. The average molecular weight is 245 g/mol. The van der Waals surface area contributed by atoms with Crippen molar-refractivity contribution in [2.24, 2.45) is 0 Å². The Labute approximate surface area is 99.1 Å². The summed E-state index contributed by atoms with van der Waals surface area (Å²) in [4.78, 5) is 11.1. The van der Waals surface area contributed by atoms with E-state index < -0.39 is 14.4 Å². The maximum Gasteiger partial charge on any atom is 0.413 e. The molecule has 0 heterocycles. The zero-order valence-corrected chi connectivity index (χ0v) is 12.1. The minimum atomic E-state index is -1.85. The molecule has 0 spiro atoms. The van der Waals surface area contributed by atoms with Gasteiger partial charge in [-0.3, -0.25) is 5.32 Å². The number of rotatable bonds is 4. The Kier molecular flexibility index (Phi) is 5.22. The van der Waals surface area contributed by atoms with Crippen LogP contribution in [0.1, 0.15) is 27.7 Å². The molecule has 1 atom stereocenters. The first kappa shape index (κ1) is 15.2. The predicted octanol–water partition coefficient (Wildman–Crippen LogP) is 3.22. The van der Waals surface area contributed by atoms with E-state index in [4.69, 9.17) is 4.43 Å². The molecule has 0 fully saturated rings. The van der Waals surface area contributed by atoms with Crippen molar-refractivity contribution in [3.8, 4) is 0 Å². The predicted molar refractivity (Wildman–Crippen MR) is 67.6 cm³/mol. The first-order valence-electron chi connectivity index (χ1n) is 5.36. The number of nitrogens with one attached hydrogen (secondary N) is 1. The second-order valence-corrected chi connectivity index (χ2v) is 9.99. The van der Waals surface area contributed by atoms with Gasteiger partial charge >= 0.3 is 6.09 Å². The van der Waals surface area contributed by atoms with Crippen LogP contribution in [0.2, 0.25) is 18.1 Å². The van der Waals surface area contributed by atoms with Crippen molar-refractivity contribution >= 4 is 14.4 Å². The third-order valence-electron chi connectivity index (χ3n) is 2.79. The lowest BCUT2D eigenvalue weighted by Crippen LogP contribution is -2.48. The molecule has 0 rings (SSSR count). The van der Waals surface area contributed by atoms with E-state index in [0.29, 0.717) is 0 Å². The van der Waals surface area contributed by atoms with Crippen molar-refractivity contribution in [1.82, 2.24) is 5.32 Å². The third kappa shape index (κ3) is 4.81. The third-order valence-corrected chi connectivity index (χ3v) is 7.34. The van der Waals surface area contributed by atoms with E-state index in [1.165, 1.54) is 0 Å². The van der Waals surface area contributed by atoms with Crippen molar-refractivity contribution < 1.29 is 14.0 Å². The molecule has 4 nitrogen and oxygen atoms in total. The molecule has 0 aliphatic carbocycles. The summed E-state index contributed by atoms with van der Waals surface area (Å²) in [5.74, 6) is 0. The van der Waals surface area contributed by atoms with Crippen molar-refractivity contribution in [3.05, 3.63) is 12.8 Å². The molecule has 16 heavy (non-hydrogen) atoms. The van der Waals surface area contributed by atoms with Crippen LogP contribution in [0, 0.1) is 0 Å². The molecule has 0 aromatic rings. The highest BCUT2D eigenvalue weighted by atomic mass is 28.4. The van der Waals surface area contributed by atoms with E-state index in [9.17, 15) is 4.79 Å². The quantitative estimate of drug-likeness (QED) is 0.470. The molecule has 1 unspecified atom stereocenters. The Morgan fingerprint density at radius 2 is 1.94 bits per heavy atom. The smallest absolute Gasteiger partial charge is 0.413 e. The molecular weight excluding hydrogens is 222 g/mol. The fourth-order valence-corrected chi connectivity index (χ4v) is 2.22. The molecular formula is C11H23NO3Si. The lowest BCUT2D eigenvalue weighted by Gasteiger charge is -2.38. The molecule has 1 amide bonds. The first-order chi connectivity index (χ1) is 7.10. The summed E-state index contributed by atoms with van der Waals surface area (Å²) >= 11 is 0. The molecule has 0 aliphatic rings. The van der Waals surface area contributed by atoms with E-state index >= 15 is 0 Å². The van der Waals surface area contributed by atoms with Crippen LogP contribution in [0.5, 0.6) is 0 Å². The Hall–Kier alpha value is -0.813. The fraction of sp³-hybridized carbons (Fsp3) is 0.727. The molecule has 0 saturated carbocycles. The normalized spacial score (nSPS) is 14.1. The largest absolute Gasteiger partial charge is 0.419 e. The summed E-state index contributed by atoms with van der Waals surface area (Å²) in [6.45, 7) is 15.8. The van der Waals surface area contributed by atoms with Crippen molar-refractivity contribution in [3.63, 3.8) is 0 Å². The standard InChI is InChI=1S/C11H23NO3Si/c1-8-14-10(13)12-9(2)15-16(6,7)11(3,4)5/h8-9H,1H2,2-7H3,(H,12,13). The van der Waals surface area contributed by atoms with Crippen LogP contribution in [0.3, 0.4) is 0 Å². The van der Waals surface area contributed by atoms with E-state index in [1.54, 1.807) is 6.92 Å². The van der Waals surface area contributed by atoms with E-state index in [2.05, 4.69) is 50.5 Å². The van der Waals surface area contributed by atoms with Gasteiger partial charge in [0, 0.05) is 0 Å². The Morgan fingerprint density at radius 3 is 2.31 bits per heavy atom. The van der Waals surface area contributed by atoms with E-state index in [0.717, 1.165) is 6.26 Å². The lowest BCUT2D eigenvalue weighted by molar-refractivity contribution is 0.134. The van der Waals surface area contributed by atoms with Crippen molar-refractivity contribution in [2.75, 3.05) is 0 Å². The average Bonchev–Trinajstić information content (AvgIpc) is 1.99. The van der Waals surface area contributed by atoms with Gasteiger partial charge in [0.2, 0.25) is 0 Å². The maximum absolute atomic E-state index is 11.1. The highest BCUT2D eigenvalue weighted by Gasteiger charge is 2.38. The second-order valence-electron chi connectivity index (χ2n) is 5.24. The summed E-state index contributed by atoms with van der Waals surface area (Å²) in [6, 6.07) is 0. The van der Waals surface area contributed by atoms with E-state index in [1.807, 2.05) is 0 Å². The molecule has 0 aromatic heterocycles. The monoisotopic (exact) mass is 245 g/mol. The fourth-order valence-electron chi connectivity index (χ4n) is 0.924. The van der Waals surface area contributed by atoms with Gasteiger partial charge in [-0.15, -0.1) is 0 Å². The topological polar surface area (TPSA) is 47.6 Å². The summed E-state index contributed by atoms with van der Waals surface area (Å²) < 4.78 is 10.5. The SMILES string of the molecule is C=COC(=O)NC(C)O[Si](C)(C)C(C)(C)C. The minimum Gasteiger partial charge on any atom is -0.419 e. The summed E-state index contributed by atoms with van der Waals surface area (Å²) in [5.41, 5.74) is 0. The number of alkyl carbamates (subject to hydrolysis) is 1. The van der Waals surface area contributed by atoms with Crippen LogP contribution in [0.15, 0.2) is 12.8 Å². The zero-order chi connectivity index (χ0) is 13.0. The zero-order valence-electron chi connectivity index (χ0n) is 11.1. The maximum atomic E-state index is 11.1. The van der Waals surface area contributed by atoms with Crippen LogP contribution in [0.25, 0.3) is 0 Å². The highest BCUT2D eigenvalue weighted by molar-refractivity contribution is 6.74. The Morgan fingerprint density at radius 1 is 1.44 bits per heavy atom. The molecule has 0 bridgehead atoms. The van der Waals surface area contributed by atoms with Crippen LogP contribution in [-0.2, 0) is 9.16 Å². The number of ether oxygens (including phenoxy) is 1. The Bertz CT molecular complexity index is 258. The van der Waals surface area contributed by atoms with Gasteiger partial charge < -0.3 is 9.16 Å². The lowest BCUT2D eigenvalue weighted by atomic mass is 10.2. The number of carbonyl (C=O) groups excluding carboxylic acids is 1. The van der Waals surface area contributed by atoms with Crippen molar-refractivity contribution in [1.29, 1.82) is 0 Å². The summed E-state index contributed by atoms with van der Waals surface area (Å²) in [7, 11) is -1.85. The van der Waals surface area contributed by atoms with Crippen LogP contribution < -0.4 is 5.32 Å². The van der Waals surface area contributed by atoms with E-state index in [-0.39, 0.29) is 11.3 Å². The highest BCUT2D eigenvalue weighted by Crippen LogP contribution is 2.36. The minimum absolute atomic E-state index is 0.116. The molecule has 0 aliphatic heterocycles. The van der Waals surface area contributed by atoms with Gasteiger partial charge in [0.25, 0.3) is 0 Å². The van der Waals surface area contributed by atoms with Gasteiger partial charge in [-0.05, 0) is 25.1 Å². The van der Waals surface area contributed by atoms with Crippen LogP contribution in [-0.4, -0.2) is 20.6 Å². The number of carbonyl (C=O) groups is 1. The van der Waals surface area contributed by atoms with Gasteiger partial charge in [-0.1, -0.05) is 27.4 Å². The molecule has 0 aromatic carbocycles. The number of hydrogen-bond acceptors (Lipinski definition) is 3. The molecule has 1 N–H and O–H groups in total. The van der Waals surface area contributed by atoms with Crippen LogP contribution in [0.4, 0.5) is 4.79 Å². The first-order valence-corrected chi connectivity index (χ1v) is 8.27. The van der Waals surface area contributed by atoms with Gasteiger partial charge in [-0.2, -0.15) is 0 Å². The summed E-state index contributed by atoms with van der Waals surface area (Å²) in [5, 5.41) is 2.71. The number of hydrogen-bond donors (Lipinski definition) is 1. The van der Waals surface area contributed by atoms with Crippen molar-refractivity contribution in [2.45, 2.75) is 52.1 Å².